The minimum Gasteiger partial charge on any atom is -0.492 e. The lowest BCUT2D eigenvalue weighted by Crippen LogP contribution is -2.46. The van der Waals surface area contributed by atoms with Crippen molar-refractivity contribution in [2.45, 2.75) is 63.5 Å². The van der Waals surface area contributed by atoms with Gasteiger partial charge in [0.2, 0.25) is 0 Å². The predicted molar refractivity (Wildman–Crippen MR) is 118 cm³/mol. The molecule has 3 rings (SSSR count). The maximum absolute atomic E-state index is 12.2. The van der Waals surface area contributed by atoms with Crippen LogP contribution in [0, 0.1) is 0 Å². The van der Waals surface area contributed by atoms with Crippen LogP contribution in [0.4, 0.5) is 4.79 Å². The van der Waals surface area contributed by atoms with Gasteiger partial charge in [0.25, 0.3) is 0 Å². The van der Waals surface area contributed by atoms with Crippen LogP contribution in [-0.4, -0.2) is 35.3 Å². The van der Waals surface area contributed by atoms with Crippen molar-refractivity contribution in [1.29, 1.82) is 0 Å². The first-order valence-electron chi connectivity index (χ1n) is 10.7. The monoisotopic (exact) mass is 411 g/mol. The number of rotatable bonds is 6. The molecule has 0 atom stereocenters. The van der Waals surface area contributed by atoms with Gasteiger partial charge < -0.3 is 20.5 Å². The van der Waals surface area contributed by atoms with E-state index in [1.807, 2.05) is 24.3 Å². The van der Waals surface area contributed by atoms with E-state index in [1.165, 1.54) is 5.56 Å². The minimum absolute atomic E-state index is 0.0628. The molecule has 30 heavy (non-hydrogen) atoms. The minimum atomic E-state index is -0.848. The van der Waals surface area contributed by atoms with Crippen molar-refractivity contribution < 1.29 is 14.6 Å². The lowest BCUT2D eigenvalue weighted by Gasteiger charge is -2.36. The SMILES string of the molecule is CC(C)(C)c1ccc(OCCNC(=O)NC2CCC(O)(c3cccnc3)CC2)cc1. The quantitative estimate of drug-likeness (QED) is 0.630. The van der Waals surface area contributed by atoms with Crippen molar-refractivity contribution in [1.82, 2.24) is 15.6 Å². The number of benzene rings is 1. The van der Waals surface area contributed by atoms with Crippen LogP contribution in [0.15, 0.2) is 48.8 Å². The number of hydrogen-bond donors (Lipinski definition) is 3. The van der Waals surface area contributed by atoms with Crippen LogP contribution >= 0.6 is 0 Å². The number of nitrogens with one attached hydrogen (secondary N) is 2. The third-order valence-corrected chi connectivity index (χ3v) is 5.72. The second-order valence-corrected chi connectivity index (χ2v) is 9.07. The van der Waals surface area contributed by atoms with Gasteiger partial charge in [0.15, 0.2) is 0 Å². The standard InChI is InChI=1S/C24H33N3O3/c1-23(2,3)18-6-8-21(9-7-18)30-16-15-26-22(28)27-20-10-12-24(29,13-11-20)19-5-4-14-25-17-19/h4-9,14,17,20,29H,10-13,15-16H2,1-3H3,(H2,26,27,28). The van der Waals surface area contributed by atoms with Gasteiger partial charge in [-0.1, -0.05) is 39.0 Å². The highest BCUT2D eigenvalue weighted by Crippen LogP contribution is 2.36. The van der Waals surface area contributed by atoms with E-state index in [1.54, 1.807) is 12.4 Å². The van der Waals surface area contributed by atoms with Gasteiger partial charge in [0, 0.05) is 24.0 Å². The van der Waals surface area contributed by atoms with Gasteiger partial charge in [0.1, 0.15) is 12.4 Å². The molecule has 0 aliphatic heterocycles. The Morgan fingerprint density at radius 3 is 2.50 bits per heavy atom. The summed E-state index contributed by atoms with van der Waals surface area (Å²) in [6, 6.07) is 11.7. The summed E-state index contributed by atoms with van der Waals surface area (Å²) >= 11 is 0. The zero-order valence-electron chi connectivity index (χ0n) is 18.1. The Morgan fingerprint density at radius 1 is 1.20 bits per heavy atom. The summed E-state index contributed by atoms with van der Waals surface area (Å²) in [5.74, 6) is 0.798. The van der Waals surface area contributed by atoms with Gasteiger partial charge in [-0.15, -0.1) is 0 Å². The Bertz CT molecular complexity index is 808. The zero-order chi connectivity index (χ0) is 21.6. The van der Waals surface area contributed by atoms with E-state index in [9.17, 15) is 9.90 Å². The topological polar surface area (TPSA) is 83.5 Å². The summed E-state index contributed by atoms with van der Waals surface area (Å²) in [5, 5.41) is 16.7. The number of ether oxygens (including phenoxy) is 1. The Balaban J connectivity index is 1.35. The van der Waals surface area contributed by atoms with Crippen LogP contribution in [0.25, 0.3) is 0 Å². The molecule has 0 saturated heterocycles. The fraction of sp³-hybridized carbons (Fsp3) is 0.500. The third-order valence-electron chi connectivity index (χ3n) is 5.72. The third kappa shape index (κ3) is 5.95. The number of amides is 2. The summed E-state index contributed by atoms with van der Waals surface area (Å²) in [5.41, 5.74) is 1.38. The second-order valence-electron chi connectivity index (χ2n) is 9.07. The highest BCUT2D eigenvalue weighted by Gasteiger charge is 2.35. The normalized spacial score (nSPS) is 21.7. The smallest absolute Gasteiger partial charge is 0.315 e. The Morgan fingerprint density at radius 2 is 1.90 bits per heavy atom. The van der Waals surface area contributed by atoms with E-state index in [2.05, 4.69) is 48.5 Å². The van der Waals surface area contributed by atoms with Gasteiger partial charge in [-0.05, 0) is 54.9 Å². The molecule has 6 nitrogen and oxygen atoms in total. The molecule has 1 aliphatic rings. The van der Waals surface area contributed by atoms with Gasteiger partial charge in [-0.25, -0.2) is 4.79 Å². The van der Waals surface area contributed by atoms with Crippen molar-refractivity contribution in [2.75, 3.05) is 13.2 Å². The van der Waals surface area contributed by atoms with E-state index < -0.39 is 5.60 Å². The van der Waals surface area contributed by atoms with E-state index >= 15 is 0 Å². The second kappa shape index (κ2) is 9.47. The van der Waals surface area contributed by atoms with Crippen LogP contribution in [0.5, 0.6) is 5.75 Å². The van der Waals surface area contributed by atoms with Crippen molar-refractivity contribution >= 4 is 6.03 Å². The highest BCUT2D eigenvalue weighted by molar-refractivity contribution is 5.74. The number of pyridine rings is 1. The summed E-state index contributed by atoms with van der Waals surface area (Å²) < 4.78 is 5.71. The van der Waals surface area contributed by atoms with Gasteiger partial charge in [0.05, 0.1) is 12.1 Å². The number of hydrogen-bond acceptors (Lipinski definition) is 4. The fourth-order valence-electron chi connectivity index (χ4n) is 3.79. The first-order chi connectivity index (χ1) is 14.3. The molecule has 3 N–H and O–H groups in total. The fourth-order valence-corrected chi connectivity index (χ4v) is 3.79. The first-order valence-corrected chi connectivity index (χ1v) is 10.7. The van der Waals surface area contributed by atoms with Crippen LogP contribution in [0.2, 0.25) is 0 Å². The molecule has 1 aromatic heterocycles. The summed E-state index contributed by atoms with van der Waals surface area (Å²) in [6.45, 7) is 7.37. The number of nitrogens with zero attached hydrogens (tertiary/aromatic N) is 1. The lowest BCUT2D eigenvalue weighted by atomic mass is 9.78. The Hall–Kier alpha value is -2.60. The molecule has 1 aromatic carbocycles. The molecule has 1 heterocycles. The molecule has 0 radical (unpaired) electrons. The van der Waals surface area contributed by atoms with Gasteiger partial charge in [-0.2, -0.15) is 0 Å². The summed E-state index contributed by atoms with van der Waals surface area (Å²) in [7, 11) is 0. The molecule has 0 spiro atoms. The Kier molecular flexibility index (Phi) is 6.98. The maximum atomic E-state index is 12.2. The molecule has 6 heteroatoms. The van der Waals surface area contributed by atoms with Crippen LogP contribution in [0.3, 0.4) is 0 Å². The zero-order valence-corrected chi connectivity index (χ0v) is 18.1. The summed E-state index contributed by atoms with van der Waals surface area (Å²) in [4.78, 5) is 16.3. The number of urea groups is 1. The molecule has 1 saturated carbocycles. The van der Waals surface area contributed by atoms with Gasteiger partial charge in [-0.3, -0.25) is 4.98 Å². The highest BCUT2D eigenvalue weighted by atomic mass is 16.5. The van der Waals surface area contributed by atoms with E-state index in [0.29, 0.717) is 26.0 Å². The maximum Gasteiger partial charge on any atom is 0.315 e. The molecular formula is C24H33N3O3. The number of carbonyl (C=O) groups excluding carboxylic acids is 1. The number of carbonyl (C=O) groups is 1. The molecule has 2 aromatic rings. The van der Waals surface area contributed by atoms with E-state index in [4.69, 9.17) is 4.74 Å². The lowest BCUT2D eigenvalue weighted by molar-refractivity contribution is -0.00761. The Labute approximate surface area is 179 Å². The van der Waals surface area contributed by atoms with Crippen LogP contribution in [-0.2, 0) is 11.0 Å². The van der Waals surface area contributed by atoms with Crippen molar-refractivity contribution in [3.8, 4) is 5.75 Å². The predicted octanol–water partition coefficient (Wildman–Crippen LogP) is 3.89. The van der Waals surface area contributed by atoms with E-state index in [-0.39, 0.29) is 17.5 Å². The van der Waals surface area contributed by atoms with Gasteiger partial charge >= 0.3 is 6.03 Å². The molecule has 0 bridgehead atoms. The largest absolute Gasteiger partial charge is 0.492 e. The van der Waals surface area contributed by atoms with Crippen LogP contribution in [0.1, 0.15) is 57.6 Å². The van der Waals surface area contributed by atoms with Crippen molar-refractivity contribution in [3.05, 3.63) is 59.9 Å². The van der Waals surface area contributed by atoms with E-state index in [0.717, 1.165) is 24.2 Å². The average molecular weight is 412 g/mol. The number of aromatic nitrogens is 1. The molecule has 0 unspecified atom stereocenters. The molecule has 1 aliphatic carbocycles. The first kappa shape index (κ1) is 22.1. The molecule has 1 fully saturated rings. The molecule has 162 valence electrons. The van der Waals surface area contributed by atoms with Crippen LogP contribution < -0.4 is 15.4 Å². The molecule has 2 amide bonds. The molecular weight excluding hydrogens is 378 g/mol. The average Bonchev–Trinajstić information content (AvgIpc) is 2.73. The van der Waals surface area contributed by atoms with Crippen molar-refractivity contribution in [3.63, 3.8) is 0 Å². The summed E-state index contributed by atoms with van der Waals surface area (Å²) in [6.07, 6.45) is 6.10. The van der Waals surface area contributed by atoms with Crippen molar-refractivity contribution in [2.24, 2.45) is 0 Å². The number of aliphatic hydroxyl groups is 1.